The lowest BCUT2D eigenvalue weighted by Crippen LogP contribution is -2.23. The molecule has 0 radical (unpaired) electrons. The van der Waals surface area contributed by atoms with E-state index in [2.05, 4.69) is 20.5 Å². The largest absolute Gasteiger partial charge is 0.421 e. The predicted octanol–water partition coefficient (Wildman–Crippen LogP) is 2.44. The van der Waals surface area contributed by atoms with Gasteiger partial charge in [0.25, 0.3) is 0 Å². The minimum atomic E-state index is -0.0686. The van der Waals surface area contributed by atoms with E-state index in [0.717, 1.165) is 11.3 Å². The Bertz CT molecular complexity index is 725. The van der Waals surface area contributed by atoms with E-state index in [1.165, 1.54) is 0 Å². The summed E-state index contributed by atoms with van der Waals surface area (Å²) in [6.07, 6.45) is 2.43. The van der Waals surface area contributed by atoms with E-state index in [4.69, 9.17) is 4.42 Å². The van der Waals surface area contributed by atoms with Crippen molar-refractivity contribution in [2.24, 2.45) is 0 Å². The summed E-state index contributed by atoms with van der Waals surface area (Å²) in [6.45, 7) is 0.420. The van der Waals surface area contributed by atoms with Crippen molar-refractivity contribution < 1.29 is 9.21 Å². The molecule has 0 spiro atoms. The molecule has 3 aromatic heterocycles. The summed E-state index contributed by atoms with van der Waals surface area (Å²) in [6, 6.07) is 7.51. The molecule has 112 valence electrons. The average molecular weight is 314 g/mol. The van der Waals surface area contributed by atoms with Crippen molar-refractivity contribution in [3.8, 4) is 11.5 Å². The van der Waals surface area contributed by atoms with Gasteiger partial charge in [0.05, 0.1) is 12.2 Å². The fourth-order valence-corrected chi connectivity index (χ4v) is 2.49. The third-order valence-electron chi connectivity index (χ3n) is 2.99. The van der Waals surface area contributed by atoms with E-state index in [1.54, 1.807) is 17.5 Å². The summed E-state index contributed by atoms with van der Waals surface area (Å²) >= 11 is 1.57. The maximum atomic E-state index is 11.8. The number of hydrogen-bond acceptors (Lipinski definition) is 6. The number of pyridine rings is 1. The molecular weight excluding hydrogens is 300 g/mol. The van der Waals surface area contributed by atoms with Gasteiger partial charge >= 0.3 is 0 Å². The highest BCUT2D eigenvalue weighted by atomic mass is 32.1. The number of nitrogens with one attached hydrogen (secondary N) is 1. The van der Waals surface area contributed by atoms with Crippen LogP contribution in [0.4, 0.5) is 0 Å². The Balaban J connectivity index is 1.47. The topological polar surface area (TPSA) is 80.9 Å². The van der Waals surface area contributed by atoms with Gasteiger partial charge in [-0.2, -0.15) is 11.3 Å². The third kappa shape index (κ3) is 3.76. The number of aromatic nitrogens is 3. The zero-order valence-corrected chi connectivity index (χ0v) is 12.5. The van der Waals surface area contributed by atoms with Gasteiger partial charge in [-0.05, 0) is 23.6 Å². The summed E-state index contributed by atoms with van der Waals surface area (Å²) in [7, 11) is 0. The van der Waals surface area contributed by atoms with Gasteiger partial charge in [-0.3, -0.25) is 9.78 Å². The standard InChI is InChI=1S/C15H14N4O2S/c20-13(17-9-12-3-1-2-7-16-12)4-5-14-18-19-15(21-14)11-6-8-22-10-11/h1-3,6-8,10H,4-5,9H2,(H,17,20). The van der Waals surface area contributed by atoms with E-state index < -0.39 is 0 Å². The predicted molar refractivity (Wildman–Crippen MR) is 82.0 cm³/mol. The zero-order chi connectivity index (χ0) is 15.2. The van der Waals surface area contributed by atoms with Crippen LogP contribution in [0.1, 0.15) is 18.0 Å². The molecule has 22 heavy (non-hydrogen) atoms. The molecule has 0 aliphatic heterocycles. The van der Waals surface area contributed by atoms with E-state index >= 15 is 0 Å². The Morgan fingerprint density at radius 1 is 1.27 bits per heavy atom. The monoisotopic (exact) mass is 314 g/mol. The van der Waals surface area contributed by atoms with Crippen LogP contribution in [0.3, 0.4) is 0 Å². The van der Waals surface area contributed by atoms with Crippen LogP contribution in [0.2, 0.25) is 0 Å². The maximum Gasteiger partial charge on any atom is 0.248 e. The normalized spacial score (nSPS) is 10.5. The lowest BCUT2D eigenvalue weighted by molar-refractivity contribution is -0.121. The third-order valence-corrected chi connectivity index (χ3v) is 3.68. The number of thiophene rings is 1. The van der Waals surface area contributed by atoms with E-state index in [0.29, 0.717) is 31.2 Å². The molecule has 0 saturated heterocycles. The van der Waals surface area contributed by atoms with Crippen molar-refractivity contribution in [2.75, 3.05) is 0 Å². The second-order valence-corrected chi connectivity index (χ2v) is 5.39. The van der Waals surface area contributed by atoms with Crippen LogP contribution in [0.15, 0.2) is 45.6 Å². The Hall–Kier alpha value is -2.54. The summed E-state index contributed by atoms with van der Waals surface area (Å²) in [5, 5.41) is 14.6. The van der Waals surface area contributed by atoms with Crippen LogP contribution >= 0.6 is 11.3 Å². The van der Waals surface area contributed by atoms with Crippen molar-refractivity contribution in [1.82, 2.24) is 20.5 Å². The van der Waals surface area contributed by atoms with E-state index in [1.807, 2.05) is 35.0 Å². The molecule has 7 heteroatoms. The molecule has 0 aliphatic rings. The van der Waals surface area contributed by atoms with Crippen LogP contribution in [0.25, 0.3) is 11.5 Å². The van der Waals surface area contributed by atoms with E-state index in [-0.39, 0.29) is 5.91 Å². The minimum Gasteiger partial charge on any atom is -0.421 e. The van der Waals surface area contributed by atoms with Crippen molar-refractivity contribution >= 4 is 17.2 Å². The quantitative estimate of drug-likeness (QED) is 0.756. The highest BCUT2D eigenvalue weighted by Crippen LogP contribution is 2.20. The minimum absolute atomic E-state index is 0.0686. The van der Waals surface area contributed by atoms with Gasteiger partial charge in [0.2, 0.25) is 17.7 Å². The molecule has 0 saturated carbocycles. The number of carbonyl (C=O) groups excluding carboxylic acids is 1. The molecule has 0 atom stereocenters. The summed E-state index contributed by atoms with van der Waals surface area (Å²) < 4.78 is 5.53. The van der Waals surface area contributed by atoms with Crippen molar-refractivity contribution in [2.45, 2.75) is 19.4 Å². The maximum absolute atomic E-state index is 11.8. The van der Waals surface area contributed by atoms with Crippen molar-refractivity contribution in [1.29, 1.82) is 0 Å². The van der Waals surface area contributed by atoms with Crippen LogP contribution in [0.5, 0.6) is 0 Å². The smallest absolute Gasteiger partial charge is 0.248 e. The molecule has 3 rings (SSSR count). The first-order valence-corrected chi connectivity index (χ1v) is 7.77. The summed E-state index contributed by atoms with van der Waals surface area (Å²) in [4.78, 5) is 15.9. The van der Waals surface area contributed by atoms with Gasteiger partial charge in [-0.15, -0.1) is 10.2 Å². The first-order valence-electron chi connectivity index (χ1n) is 6.83. The van der Waals surface area contributed by atoms with E-state index in [9.17, 15) is 4.79 Å². The number of amides is 1. The molecular formula is C15H14N4O2S. The number of nitrogens with zero attached hydrogens (tertiary/aromatic N) is 3. The first-order chi connectivity index (χ1) is 10.8. The van der Waals surface area contributed by atoms with Crippen LogP contribution in [-0.4, -0.2) is 21.1 Å². The van der Waals surface area contributed by atoms with Gasteiger partial charge in [-0.1, -0.05) is 6.07 Å². The molecule has 0 bridgehead atoms. The second kappa shape index (κ2) is 6.95. The van der Waals surface area contributed by atoms with Gasteiger partial charge in [0.15, 0.2) is 0 Å². The Kier molecular flexibility index (Phi) is 4.55. The number of rotatable bonds is 6. The molecule has 1 N–H and O–H groups in total. The van der Waals surface area contributed by atoms with Crippen molar-refractivity contribution in [3.63, 3.8) is 0 Å². The Morgan fingerprint density at radius 2 is 2.23 bits per heavy atom. The van der Waals surface area contributed by atoms with Crippen molar-refractivity contribution in [3.05, 3.63) is 52.8 Å². The number of hydrogen-bond donors (Lipinski definition) is 1. The van der Waals surface area contributed by atoms with Crippen LogP contribution in [0, 0.1) is 0 Å². The van der Waals surface area contributed by atoms with Gasteiger partial charge < -0.3 is 9.73 Å². The summed E-state index contributed by atoms with van der Waals surface area (Å²) in [5.41, 5.74) is 1.73. The molecule has 3 heterocycles. The Morgan fingerprint density at radius 3 is 3.00 bits per heavy atom. The highest BCUT2D eigenvalue weighted by molar-refractivity contribution is 7.08. The first kappa shape index (κ1) is 14.4. The molecule has 0 aliphatic carbocycles. The molecule has 0 fully saturated rings. The molecule has 6 nitrogen and oxygen atoms in total. The Labute approximate surface area is 131 Å². The molecule has 0 aromatic carbocycles. The van der Waals surface area contributed by atoms with Crippen LogP contribution < -0.4 is 5.32 Å². The van der Waals surface area contributed by atoms with Gasteiger partial charge in [0.1, 0.15) is 0 Å². The number of carbonyl (C=O) groups is 1. The molecule has 3 aromatic rings. The lowest BCUT2D eigenvalue weighted by Gasteiger charge is -2.03. The summed E-state index contributed by atoms with van der Waals surface area (Å²) in [5.74, 6) is 0.889. The average Bonchev–Trinajstić information content (AvgIpc) is 3.22. The highest BCUT2D eigenvalue weighted by Gasteiger charge is 2.10. The SMILES string of the molecule is O=C(CCc1nnc(-c2ccsc2)o1)NCc1ccccn1. The molecule has 0 unspecified atom stereocenters. The number of aryl methyl sites for hydroxylation is 1. The molecule has 1 amide bonds. The second-order valence-electron chi connectivity index (χ2n) is 4.61. The van der Waals surface area contributed by atoms with Gasteiger partial charge in [-0.25, -0.2) is 0 Å². The van der Waals surface area contributed by atoms with Gasteiger partial charge in [0, 0.05) is 30.0 Å². The fourth-order valence-electron chi connectivity index (χ4n) is 1.86. The van der Waals surface area contributed by atoms with Crippen LogP contribution in [-0.2, 0) is 17.8 Å². The zero-order valence-electron chi connectivity index (χ0n) is 11.7. The fraction of sp³-hybridized carbons (Fsp3) is 0.200. The lowest BCUT2D eigenvalue weighted by atomic mass is 10.3.